The fourth-order valence-corrected chi connectivity index (χ4v) is 12.5. The molecule has 1 radical (unpaired) electrons. The Morgan fingerprint density at radius 2 is 1.46 bits per heavy atom. The summed E-state index contributed by atoms with van der Waals surface area (Å²) in [5.74, 6) is 1.60. The summed E-state index contributed by atoms with van der Waals surface area (Å²) in [5.41, 5.74) is 8.75. The number of hydrogen-bond donors (Lipinski definition) is 0. The van der Waals surface area contributed by atoms with E-state index in [1.54, 1.807) is 18.3 Å². The molecule has 0 aliphatic carbocycles. The van der Waals surface area contributed by atoms with Crippen LogP contribution in [0.5, 0.6) is 0 Å². The zero-order chi connectivity index (χ0) is 51.9. The van der Waals surface area contributed by atoms with E-state index in [-0.39, 0.29) is 25.7 Å². The molecule has 0 aliphatic rings. The van der Waals surface area contributed by atoms with Crippen molar-refractivity contribution in [1.29, 1.82) is 0 Å². The van der Waals surface area contributed by atoms with E-state index in [0.717, 1.165) is 27.6 Å². The molecular formula is C63H61IrN3SSi-2. The fourth-order valence-electron chi connectivity index (χ4n) is 9.87. The first-order valence-corrected chi connectivity index (χ1v) is 28.1. The first-order valence-electron chi connectivity index (χ1n) is 26.3. The van der Waals surface area contributed by atoms with Crippen LogP contribution in [-0.4, -0.2) is 22.6 Å². The summed E-state index contributed by atoms with van der Waals surface area (Å²) < 4.78 is 45.0. The van der Waals surface area contributed by atoms with Gasteiger partial charge in [-0.15, -0.1) is 53.6 Å². The quantitative estimate of drug-likeness (QED) is 0.0905. The standard InChI is InChI=1S/C43H33N2S.C20H28NSi.Ir/c1-25(2)35-24-28-13-6-8-15-30(28)39(26(3)4)41(35)45-37-19-10-9-18-36(37)44-43(45)34-17-11-16-33-40-32-21-20-27-12-5-7-14-29(27)31(32)22-23-38(40)46-42(33)34;1-15-8-10-16(11-9-15)18-12-17(13-20(2,3)4)19(14-21-18)22(5,6)7;/h5-16,18-26H,1-4H3;8-10,12,14H,13H2,1-7H3;/q2*-1;/i;1D3,13D2;. The Morgan fingerprint density at radius 3 is 2.17 bits per heavy atom. The molecule has 0 saturated carbocycles. The van der Waals surface area contributed by atoms with E-state index in [4.69, 9.17) is 11.8 Å². The predicted octanol–water partition coefficient (Wildman–Crippen LogP) is 17.6. The topological polar surface area (TPSA) is 30.7 Å². The van der Waals surface area contributed by atoms with Crippen LogP contribution in [0.4, 0.5) is 0 Å². The smallest absolute Gasteiger partial charge is 0.0798 e. The molecule has 3 aromatic heterocycles. The molecule has 0 unspecified atom stereocenters. The number of pyridine rings is 1. The summed E-state index contributed by atoms with van der Waals surface area (Å²) in [7, 11) is -1.81. The van der Waals surface area contributed by atoms with Crippen LogP contribution in [0.2, 0.25) is 19.6 Å². The van der Waals surface area contributed by atoms with Gasteiger partial charge in [-0.25, -0.2) is 0 Å². The van der Waals surface area contributed by atoms with Crippen LogP contribution >= 0.6 is 11.3 Å². The van der Waals surface area contributed by atoms with Crippen molar-refractivity contribution in [3.8, 4) is 28.3 Å². The van der Waals surface area contributed by atoms with Crippen molar-refractivity contribution in [2.75, 3.05) is 0 Å². The number of para-hydroxylation sites is 2. The monoisotopic (exact) mass is 1120 g/mol. The maximum absolute atomic E-state index is 8.79. The van der Waals surface area contributed by atoms with Gasteiger partial charge in [-0.2, -0.15) is 11.3 Å². The molecule has 8 aromatic carbocycles. The van der Waals surface area contributed by atoms with Crippen LogP contribution in [0, 0.1) is 24.4 Å². The van der Waals surface area contributed by atoms with E-state index >= 15 is 0 Å². The summed E-state index contributed by atoms with van der Waals surface area (Å²) in [6.45, 7) is 19.3. The number of benzene rings is 8. The molecule has 0 bridgehead atoms. The summed E-state index contributed by atoms with van der Waals surface area (Å²) in [6.07, 6.45) is 0.269. The van der Waals surface area contributed by atoms with Crippen LogP contribution in [0.15, 0.2) is 146 Å². The van der Waals surface area contributed by atoms with Crippen molar-refractivity contribution in [2.45, 2.75) is 93.2 Å². The average molecular weight is 1120 g/mol. The predicted molar refractivity (Wildman–Crippen MR) is 298 cm³/mol. The Labute approximate surface area is 434 Å². The van der Waals surface area contributed by atoms with E-state index in [9.17, 15) is 0 Å². The molecule has 6 heteroatoms. The van der Waals surface area contributed by atoms with Crippen molar-refractivity contribution in [3.63, 3.8) is 0 Å². The van der Waals surface area contributed by atoms with Crippen LogP contribution in [0.3, 0.4) is 0 Å². The molecule has 3 heterocycles. The second-order valence-corrected chi connectivity index (χ2v) is 26.9. The van der Waals surface area contributed by atoms with Crippen molar-refractivity contribution in [3.05, 3.63) is 180 Å². The van der Waals surface area contributed by atoms with E-state index in [0.29, 0.717) is 28.7 Å². The number of hydrogen-bond acceptors (Lipinski definition) is 3. The van der Waals surface area contributed by atoms with Gasteiger partial charge in [0.1, 0.15) is 0 Å². The molecule has 349 valence electrons. The third kappa shape index (κ3) is 9.14. The maximum Gasteiger partial charge on any atom is 0.0798 e. The molecule has 0 atom stereocenters. The van der Waals surface area contributed by atoms with Gasteiger partial charge in [0.15, 0.2) is 0 Å². The molecule has 11 aromatic rings. The van der Waals surface area contributed by atoms with Crippen LogP contribution < -0.4 is 5.19 Å². The summed E-state index contributed by atoms with van der Waals surface area (Å²) in [5, 5.41) is 11.4. The third-order valence-electron chi connectivity index (χ3n) is 12.9. The van der Waals surface area contributed by atoms with Crippen molar-refractivity contribution < 1.29 is 27.0 Å². The SMILES string of the molecule is CC(C)c1cc2ccccc2c(C(C)C)c1-n1c(-c2[c-]ccc3c2sc2ccc4c5ccccc5ccc4c23)nc2ccccc21.[2H]C([2H])([2H])c1c[c-]c(-c2cc(C([2H])([2H])C(C)(C)C)c([Si](C)(C)C)cn2)cc1.[Ir]. The first kappa shape index (κ1) is 42.2. The molecule has 69 heavy (non-hydrogen) atoms. The van der Waals surface area contributed by atoms with Gasteiger partial charge in [-0.3, -0.25) is 4.98 Å². The minimum absolute atomic E-state index is 0. The average Bonchev–Trinajstić information content (AvgIpc) is 3.94. The molecule has 0 amide bonds. The molecule has 0 aliphatic heterocycles. The summed E-state index contributed by atoms with van der Waals surface area (Å²) in [6, 6.07) is 55.3. The molecule has 11 rings (SSSR count). The van der Waals surface area contributed by atoms with E-state index < -0.39 is 26.7 Å². The van der Waals surface area contributed by atoms with Crippen molar-refractivity contribution >= 4 is 88.1 Å². The number of thiophene rings is 1. The molecule has 0 N–H and O–H groups in total. The molecule has 0 spiro atoms. The third-order valence-corrected chi connectivity index (χ3v) is 16.1. The number of imidazole rings is 1. The van der Waals surface area contributed by atoms with E-state index in [1.807, 2.05) is 38.2 Å². The van der Waals surface area contributed by atoms with Gasteiger partial charge >= 0.3 is 0 Å². The number of nitrogens with zero attached hydrogens (tertiary/aromatic N) is 3. The van der Waals surface area contributed by atoms with Crippen molar-refractivity contribution in [2.24, 2.45) is 5.41 Å². The Morgan fingerprint density at radius 1 is 0.739 bits per heavy atom. The van der Waals surface area contributed by atoms with Gasteiger partial charge in [-0.05, 0) is 112 Å². The van der Waals surface area contributed by atoms with E-state index in [2.05, 4.69) is 184 Å². The molecular weight excluding hydrogens is 1050 g/mol. The van der Waals surface area contributed by atoms with Gasteiger partial charge in [0.25, 0.3) is 0 Å². The van der Waals surface area contributed by atoms with E-state index in [1.165, 1.54) is 75.4 Å². The Balaban J connectivity index is 0.000000207. The first-order chi connectivity index (χ1) is 34.5. The van der Waals surface area contributed by atoms with Gasteiger partial charge in [-0.1, -0.05) is 176 Å². The van der Waals surface area contributed by atoms with Gasteiger partial charge in [0, 0.05) is 43.5 Å². The number of aryl methyl sites for hydroxylation is 1. The largest absolute Gasteiger partial charge is 0.333 e. The second-order valence-electron chi connectivity index (χ2n) is 20.8. The van der Waals surface area contributed by atoms with Gasteiger partial charge < -0.3 is 9.55 Å². The maximum atomic E-state index is 8.79. The van der Waals surface area contributed by atoms with Crippen LogP contribution in [0.25, 0.3) is 91.9 Å². The van der Waals surface area contributed by atoms with Gasteiger partial charge in [0.05, 0.1) is 24.9 Å². The molecule has 3 nitrogen and oxygen atoms in total. The number of fused-ring (bicyclic) bond motifs is 9. The summed E-state index contributed by atoms with van der Waals surface area (Å²) >= 11 is 1.86. The Bertz CT molecular complexity index is 3920. The number of aromatic nitrogens is 3. The zero-order valence-electron chi connectivity index (χ0n) is 46.1. The minimum atomic E-state index is -2.17. The normalized spacial score (nSPS) is 13.7. The second kappa shape index (κ2) is 18.9. The van der Waals surface area contributed by atoms with Crippen LogP contribution in [-0.2, 0) is 26.5 Å². The molecule has 0 saturated heterocycles. The van der Waals surface area contributed by atoms with Crippen molar-refractivity contribution in [1.82, 2.24) is 14.5 Å². The zero-order valence-corrected chi connectivity index (χ0v) is 45.3. The summed E-state index contributed by atoms with van der Waals surface area (Å²) in [4.78, 5) is 9.96. The van der Waals surface area contributed by atoms with Gasteiger partial charge in [0.2, 0.25) is 0 Å². The Hall–Kier alpha value is -5.75. The molecule has 0 fully saturated rings. The minimum Gasteiger partial charge on any atom is -0.333 e. The van der Waals surface area contributed by atoms with Crippen LogP contribution in [0.1, 0.15) is 89.4 Å². The Kier molecular flexibility index (Phi) is 11.5. The fraction of sp³-hybridized carbons (Fsp3) is 0.238. The number of rotatable bonds is 7.